The van der Waals surface area contributed by atoms with E-state index in [4.69, 9.17) is 4.74 Å². The predicted octanol–water partition coefficient (Wildman–Crippen LogP) is 1.40. The lowest BCUT2D eigenvalue weighted by Crippen LogP contribution is -2.48. The highest BCUT2D eigenvalue weighted by Crippen LogP contribution is 2.16. The highest BCUT2D eigenvalue weighted by molar-refractivity contribution is 5.95. The van der Waals surface area contributed by atoms with Crippen LogP contribution in [-0.4, -0.2) is 55.2 Å². The molecule has 2 heterocycles. The number of morpholine rings is 1. The predicted molar refractivity (Wildman–Crippen MR) is 74.5 cm³/mol. The zero-order valence-corrected chi connectivity index (χ0v) is 12.0. The van der Waals surface area contributed by atoms with Crippen LogP contribution in [0.2, 0.25) is 0 Å². The topological polar surface area (TPSA) is 45.7 Å². The van der Waals surface area contributed by atoms with E-state index in [1.54, 1.807) is 12.3 Å². The first-order valence-electron chi connectivity index (χ1n) is 6.55. The van der Waals surface area contributed by atoms with E-state index in [1.165, 1.54) is 0 Å². The lowest BCUT2D eigenvalue weighted by Gasteiger charge is -2.35. The molecule has 5 nitrogen and oxygen atoms in total. The van der Waals surface area contributed by atoms with Crippen LogP contribution in [0, 0.1) is 0 Å². The Morgan fingerprint density at radius 1 is 1.37 bits per heavy atom. The molecule has 0 spiro atoms. The maximum Gasteiger partial charge on any atom is 0.254 e. The summed E-state index contributed by atoms with van der Waals surface area (Å²) in [6.45, 7) is 5.27. The minimum atomic E-state index is 0.0486. The molecule has 1 aliphatic heterocycles. The van der Waals surface area contributed by atoms with Gasteiger partial charge in [0, 0.05) is 38.9 Å². The molecule has 19 heavy (non-hydrogen) atoms. The fourth-order valence-corrected chi connectivity index (χ4v) is 2.32. The fourth-order valence-electron chi connectivity index (χ4n) is 2.32. The van der Waals surface area contributed by atoms with Crippen LogP contribution in [0.25, 0.3) is 0 Å². The highest BCUT2D eigenvalue weighted by Gasteiger charge is 2.26. The van der Waals surface area contributed by atoms with Gasteiger partial charge in [-0.05, 0) is 26.0 Å². The van der Waals surface area contributed by atoms with Crippen molar-refractivity contribution in [2.75, 3.05) is 32.1 Å². The first-order valence-corrected chi connectivity index (χ1v) is 6.55. The second-order valence-corrected chi connectivity index (χ2v) is 5.26. The second-order valence-electron chi connectivity index (χ2n) is 5.26. The number of hydrogen-bond acceptors (Lipinski definition) is 4. The number of amides is 1. The molecule has 0 radical (unpaired) electrons. The minimum absolute atomic E-state index is 0.0486. The van der Waals surface area contributed by atoms with E-state index in [9.17, 15) is 4.79 Å². The number of carbonyl (C=O) groups is 1. The Morgan fingerprint density at radius 3 is 2.58 bits per heavy atom. The van der Waals surface area contributed by atoms with Gasteiger partial charge >= 0.3 is 0 Å². The number of hydrogen-bond donors (Lipinski definition) is 0. The Kier molecular flexibility index (Phi) is 4.04. The molecule has 0 aliphatic carbocycles. The Bertz CT molecular complexity index is 452. The van der Waals surface area contributed by atoms with Gasteiger partial charge in [-0.1, -0.05) is 0 Å². The molecule has 1 aliphatic rings. The Morgan fingerprint density at radius 2 is 2.00 bits per heavy atom. The molecule has 0 bridgehead atoms. The molecule has 1 aromatic heterocycles. The van der Waals surface area contributed by atoms with Crippen molar-refractivity contribution < 1.29 is 9.53 Å². The minimum Gasteiger partial charge on any atom is -0.372 e. The first-order chi connectivity index (χ1) is 8.97. The number of anilines is 1. The lowest BCUT2D eigenvalue weighted by atomic mass is 10.1. The van der Waals surface area contributed by atoms with Crippen LogP contribution in [0.4, 0.5) is 5.82 Å². The largest absolute Gasteiger partial charge is 0.372 e. The summed E-state index contributed by atoms with van der Waals surface area (Å²) >= 11 is 0. The van der Waals surface area contributed by atoms with Gasteiger partial charge in [0.2, 0.25) is 0 Å². The average Bonchev–Trinajstić information content (AvgIpc) is 2.37. The summed E-state index contributed by atoms with van der Waals surface area (Å²) < 4.78 is 5.65. The van der Waals surface area contributed by atoms with Crippen LogP contribution in [0.15, 0.2) is 18.3 Å². The van der Waals surface area contributed by atoms with Gasteiger partial charge in [0.15, 0.2) is 0 Å². The first kappa shape index (κ1) is 13.8. The molecule has 0 unspecified atom stereocenters. The summed E-state index contributed by atoms with van der Waals surface area (Å²) in [6.07, 6.45) is 1.85. The number of nitrogens with zero attached hydrogens (tertiary/aromatic N) is 3. The third-order valence-corrected chi connectivity index (χ3v) is 3.16. The van der Waals surface area contributed by atoms with Crippen LogP contribution < -0.4 is 4.90 Å². The monoisotopic (exact) mass is 263 g/mol. The van der Waals surface area contributed by atoms with E-state index < -0.39 is 0 Å². The number of ether oxygens (including phenoxy) is 1. The van der Waals surface area contributed by atoms with Gasteiger partial charge in [0.05, 0.1) is 12.2 Å². The molecule has 1 aromatic rings. The third-order valence-electron chi connectivity index (χ3n) is 3.16. The van der Waals surface area contributed by atoms with Gasteiger partial charge in [-0.15, -0.1) is 0 Å². The molecule has 2 atom stereocenters. The number of aromatic nitrogens is 1. The normalized spacial score (nSPS) is 23.3. The molecule has 0 aromatic carbocycles. The van der Waals surface area contributed by atoms with Crippen molar-refractivity contribution in [2.45, 2.75) is 26.1 Å². The third kappa shape index (κ3) is 3.23. The Hall–Kier alpha value is -1.62. The van der Waals surface area contributed by atoms with E-state index in [0.717, 1.165) is 5.82 Å². The summed E-state index contributed by atoms with van der Waals surface area (Å²) in [6, 6.07) is 3.59. The molecular formula is C14H21N3O2. The van der Waals surface area contributed by atoms with Gasteiger partial charge in [0.1, 0.15) is 5.82 Å². The van der Waals surface area contributed by atoms with Crippen molar-refractivity contribution in [1.29, 1.82) is 0 Å². The molecule has 5 heteroatoms. The van der Waals surface area contributed by atoms with Crippen LogP contribution >= 0.6 is 0 Å². The molecular weight excluding hydrogens is 242 g/mol. The van der Waals surface area contributed by atoms with Crippen molar-refractivity contribution in [3.8, 4) is 0 Å². The van der Waals surface area contributed by atoms with Crippen molar-refractivity contribution in [3.63, 3.8) is 0 Å². The van der Waals surface area contributed by atoms with Crippen LogP contribution in [-0.2, 0) is 4.74 Å². The number of pyridine rings is 1. The summed E-state index contributed by atoms with van der Waals surface area (Å²) in [5, 5.41) is 0. The molecule has 2 rings (SSSR count). The molecule has 1 saturated heterocycles. The van der Waals surface area contributed by atoms with Crippen molar-refractivity contribution >= 4 is 11.7 Å². The number of rotatable bonds is 2. The smallest absolute Gasteiger partial charge is 0.254 e. The van der Waals surface area contributed by atoms with Gasteiger partial charge in [-0.25, -0.2) is 4.98 Å². The quantitative estimate of drug-likeness (QED) is 0.809. The van der Waals surface area contributed by atoms with E-state index in [-0.39, 0.29) is 18.1 Å². The molecule has 1 amide bonds. The molecule has 1 fully saturated rings. The van der Waals surface area contributed by atoms with Gasteiger partial charge in [-0.3, -0.25) is 4.79 Å². The van der Waals surface area contributed by atoms with Crippen molar-refractivity contribution in [3.05, 3.63) is 23.9 Å². The molecule has 0 saturated carbocycles. The molecule has 0 N–H and O–H groups in total. The molecule has 104 valence electrons. The van der Waals surface area contributed by atoms with Crippen LogP contribution in [0.5, 0.6) is 0 Å². The van der Waals surface area contributed by atoms with Crippen molar-refractivity contribution in [2.24, 2.45) is 0 Å². The summed E-state index contributed by atoms with van der Waals surface area (Å²) in [4.78, 5) is 20.5. The van der Waals surface area contributed by atoms with Gasteiger partial charge in [0.25, 0.3) is 5.91 Å². The van der Waals surface area contributed by atoms with Crippen molar-refractivity contribution in [1.82, 2.24) is 9.88 Å². The maximum absolute atomic E-state index is 12.5. The highest BCUT2D eigenvalue weighted by atomic mass is 16.5. The van der Waals surface area contributed by atoms with Crippen LogP contribution in [0.3, 0.4) is 0 Å². The lowest BCUT2D eigenvalue weighted by molar-refractivity contribution is -0.0586. The average molecular weight is 263 g/mol. The fraction of sp³-hybridized carbons (Fsp3) is 0.571. The zero-order chi connectivity index (χ0) is 14.0. The van der Waals surface area contributed by atoms with Gasteiger partial charge in [-0.2, -0.15) is 0 Å². The number of carbonyl (C=O) groups excluding carboxylic acids is 1. The van der Waals surface area contributed by atoms with E-state index >= 15 is 0 Å². The summed E-state index contributed by atoms with van der Waals surface area (Å²) in [5.74, 6) is 0.840. The maximum atomic E-state index is 12.5. The Balaban J connectivity index is 2.17. The standard InChI is InChI=1S/C14H21N3O2/c1-10-8-17(9-11(2)19-10)14(18)12-5-6-15-13(7-12)16(3)4/h5-7,10-11H,8-9H2,1-4H3/t10-,11-/m1/s1. The SMILES string of the molecule is C[C@@H]1CN(C(=O)c2ccnc(N(C)C)c2)C[C@@H](C)O1. The summed E-state index contributed by atoms with van der Waals surface area (Å²) in [5.41, 5.74) is 0.681. The van der Waals surface area contributed by atoms with E-state index in [1.807, 2.05) is 43.8 Å². The zero-order valence-electron chi connectivity index (χ0n) is 12.0. The summed E-state index contributed by atoms with van der Waals surface area (Å²) in [7, 11) is 3.82. The van der Waals surface area contributed by atoms with E-state index in [0.29, 0.717) is 18.7 Å². The second kappa shape index (κ2) is 5.57. The van der Waals surface area contributed by atoms with Crippen LogP contribution in [0.1, 0.15) is 24.2 Å². The van der Waals surface area contributed by atoms with E-state index in [2.05, 4.69) is 4.98 Å². The van der Waals surface area contributed by atoms with Gasteiger partial charge < -0.3 is 14.5 Å². The Labute approximate surface area is 114 Å².